The third-order valence-electron chi connectivity index (χ3n) is 6.77. The molecule has 0 aliphatic heterocycles. The highest BCUT2D eigenvalue weighted by molar-refractivity contribution is 6.31. The number of ether oxygens (including phenoxy) is 3. The van der Waals surface area contributed by atoms with E-state index in [-0.39, 0.29) is 36.4 Å². The maximum Gasteiger partial charge on any atom is 0.163 e. The Morgan fingerprint density at radius 2 is 1.86 bits per heavy atom. The monoisotopic (exact) mass is 529 g/mol. The first kappa shape index (κ1) is 26.9. The van der Waals surface area contributed by atoms with Gasteiger partial charge in [0, 0.05) is 23.5 Å². The summed E-state index contributed by atoms with van der Waals surface area (Å²) in [4.78, 5) is 17.9. The second-order valence-electron chi connectivity index (χ2n) is 8.95. The zero-order valence-electron chi connectivity index (χ0n) is 20.7. The molecule has 2 aromatic carbocycles. The van der Waals surface area contributed by atoms with Crippen LogP contribution in [-0.2, 0) is 5.60 Å². The lowest BCUT2D eigenvalue weighted by atomic mass is 9.82. The maximum atomic E-state index is 13.7. The molecule has 0 saturated heterocycles. The van der Waals surface area contributed by atoms with E-state index in [1.807, 2.05) is 0 Å². The van der Waals surface area contributed by atoms with Crippen LogP contribution in [0.5, 0.6) is 17.2 Å². The third kappa shape index (κ3) is 5.56. The molecule has 2 atom stereocenters. The molecule has 1 aliphatic rings. The van der Waals surface area contributed by atoms with Crippen molar-refractivity contribution >= 4 is 17.4 Å². The van der Waals surface area contributed by atoms with E-state index in [1.54, 1.807) is 36.4 Å². The van der Waals surface area contributed by atoms with Crippen molar-refractivity contribution in [3.63, 3.8) is 0 Å². The molecule has 0 bridgehead atoms. The summed E-state index contributed by atoms with van der Waals surface area (Å²) in [5.41, 5.74) is 0.510. The van der Waals surface area contributed by atoms with Crippen molar-refractivity contribution in [1.29, 1.82) is 0 Å². The van der Waals surface area contributed by atoms with Crippen molar-refractivity contribution in [1.82, 2.24) is 4.98 Å². The van der Waals surface area contributed by atoms with Gasteiger partial charge in [0.15, 0.2) is 17.3 Å². The Bertz CT molecular complexity index is 1290. The quantitative estimate of drug-likeness (QED) is 0.349. The number of benzene rings is 2. The lowest BCUT2D eigenvalue weighted by molar-refractivity contribution is -0.00807. The van der Waals surface area contributed by atoms with Crippen molar-refractivity contribution in [2.45, 2.75) is 31.3 Å². The van der Waals surface area contributed by atoms with Gasteiger partial charge in [-0.2, -0.15) is 0 Å². The van der Waals surface area contributed by atoms with Gasteiger partial charge in [0.2, 0.25) is 0 Å². The van der Waals surface area contributed by atoms with Crippen LogP contribution in [0.25, 0.3) is 11.3 Å². The number of hydrogen-bond acceptors (Lipinski definition) is 7. The minimum atomic E-state index is -1.32. The minimum absolute atomic E-state index is 0.0435. The van der Waals surface area contributed by atoms with Gasteiger partial charge in [0.05, 0.1) is 31.5 Å². The van der Waals surface area contributed by atoms with Gasteiger partial charge in [-0.1, -0.05) is 11.6 Å². The molecule has 1 aliphatic carbocycles. The van der Waals surface area contributed by atoms with Crippen molar-refractivity contribution in [3.05, 3.63) is 70.6 Å². The number of rotatable bonds is 10. The number of carbonyl (C=O) groups excluding carboxylic acids is 1. The van der Waals surface area contributed by atoms with Crippen LogP contribution in [0.15, 0.2) is 48.5 Å². The standard InChI is InChI=1S/C28H29ClFNO6/c1-35-24-9-10-26(31-27(24)18-5-7-21(30)20(29)14-18)28(34)11-3-4-19(28)16-22(33)17-6-8-23(37-13-12-32)25(15-17)36-2/h5-10,14-15,19,32,34H,3-4,11-13,16H2,1-2H3/t19-,28-/m0/s1. The van der Waals surface area contributed by atoms with E-state index < -0.39 is 11.4 Å². The van der Waals surface area contributed by atoms with Gasteiger partial charge >= 0.3 is 0 Å². The fraction of sp³-hybridized carbons (Fsp3) is 0.357. The Hall–Kier alpha value is -3.20. The molecule has 0 unspecified atom stereocenters. The predicted octanol–water partition coefficient (Wildman–Crippen LogP) is 5.19. The molecule has 9 heteroatoms. The lowest BCUT2D eigenvalue weighted by Gasteiger charge is -2.30. The van der Waals surface area contributed by atoms with Crippen molar-refractivity contribution in [2.24, 2.45) is 5.92 Å². The highest BCUT2D eigenvalue weighted by Crippen LogP contribution is 2.46. The minimum Gasteiger partial charge on any atom is -0.494 e. The molecule has 37 heavy (non-hydrogen) atoms. The molecule has 1 saturated carbocycles. The number of hydrogen-bond donors (Lipinski definition) is 2. The van der Waals surface area contributed by atoms with Crippen molar-refractivity contribution < 1.29 is 33.6 Å². The van der Waals surface area contributed by atoms with Crippen LogP contribution in [0, 0.1) is 11.7 Å². The summed E-state index contributed by atoms with van der Waals surface area (Å²) in [6, 6.07) is 12.6. The number of methoxy groups -OCH3 is 2. The zero-order valence-corrected chi connectivity index (χ0v) is 21.4. The summed E-state index contributed by atoms with van der Waals surface area (Å²) < 4.78 is 30.0. The molecule has 0 amide bonds. The number of Topliss-reactive ketones (excluding diaryl/α,β-unsaturated/α-hetero) is 1. The topological polar surface area (TPSA) is 98.1 Å². The van der Waals surface area contributed by atoms with Gasteiger partial charge in [-0.3, -0.25) is 4.79 Å². The molecule has 0 spiro atoms. The van der Waals surface area contributed by atoms with E-state index in [1.165, 1.54) is 26.4 Å². The summed E-state index contributed by atoms with van der Waals surface area (Å²) in [5.74, 6) is 0.231. The van der Waals surface area contributed by atoms with Crippen molar-refractivity contribution in [3.8, 4) is 28.5 Å². The molecule has 4 rings (SSSR count). The summed E-state index contributed by atoms with van der Waals surface area (Å²) in [5, 5.41) is 20.7. The van der Waals surface area contributed by atoms with Gasteiger partial charge in [0.25, 0.3) is 0 Å². The Labute approximate surface area is 219 Å². The van der Waals surface area contributed by atoms with Crippen molar-refractivity contribution in [2.75, 3.05) is 27.4 Å². The molecule has 1 fully saturated rings. The Balaban J connectivity index is 1.61. The second-order valence-corrected chi connectivity index (χ2v) is 9.36. The van der Waals surface area contributed by atoms with E-state index >= 15 is 0 Å². The van der Waals surface area contributed by atoms with Crippen LogP contribution in [-0.4, -0.2) is 48.4 Å². The Morgan fingerprint density at radius 3 is 2.57 bits per heavy atom. The Morgan fingerprint density at radius 1 is 1.11 bits per heavy atom. The first-order valence-corrected chi connectivity index (χ1v) is 12.4. The number of aromatic nitrogens is 1. The van der Waals surface area contributed by atoms with E-state index in [9.17, 15) is 14.3 Å². The van der Waals surface area contributed by atoms with E-state index in [2.05, 4.69) is 0 Å². The number of pyridine rings is 1. The van der Waals surface area contributed by atoms with Gasteiger partial charge < -0.3 is 24.4 Å². The molecule has 2 N–H and O–H groups in total. The van der Waals surface area contributed by atoms with Crippen LogP contribution >= 0.6 is 11.6 Å². The number of nitrogens with zero attached hydrogens (tertiary/aromatic N) is 1. The maximum absolute atomic E-state index is 13.7. The summed E-state index contributed by atoms with van der Waals surface area (Å²) >= 11 is 5.99. The number of aliphatic hydroxyl groups is 2. The van der Waals surface area contributed by atoms with Gasteiger partial charge in [-0.25, -0.2) is 9.37 Å². The molecule has 7 nitrogen and oxygen atoms in total. The molecular formula is C28H29ClFNO6. The summed E-state index contributed by atoms with van der Waals surface area (Å²) in [6.45, 7) is -0.0286. The van der Waals surface area contributed by atoms with E-state index in [0.717, 1.165) is 6.42 Å². The summed E-state index contributed by atoms with van der Waals surface area (Å²) in [6.07, 6.45) is 1.95. The smallest absolute Gasteiger partial charge is 0.163 e. The zero-order chi connectivity index (χ0) is 26.6. The highest BCUT2D eigenvalue weighted by atomic mass is 35.5. The van der Waals surface area contributed by atoms with E-state index in [0.29, 0.717) is 52.6 Å². The average molecular weight is 530 g/mol. The fourth-order valence-corrected chi connectivity index (χ4v) is 5.01. The molecule has 0 radical (unpaired) electrons. The molecule has 196 valence electrons. The fourth-order valence-electron chi connectivity index (χ4n) is 4.83. The van der Waals surface area contributed by atoms with Gasteiger partial charge in [-0.15, -0.1) is 0 Å². The highest BCUT2D eigenvalue weighted by Gasteiger charge is 2.45. The number of ketones is 1. The van der Waals surface area contributed by atoms with Gasteiger partial charge in [-0.05, 0) is 67.8 Å². The second kappa shape index (κ2) is 11.5. The molecule has 3 aromatic rings. The molecule has 1 aromatic heterocycles. The average Bonchev–Trinajstić information content (AvgIpc) is 3.29. The first-order valence-electron chi connectivity index (χ1n) is 12.0. The number of halogens is 2. The van der Waals surface area contributed by atoms with Crippen LogP contribution in [0.1, 0.15) is 41.7 Å². The molecular weight excluding hydrogens is 501 g/mol. The Kier molecular flexibility index (Phi) is 8.32. The number of aliphatic hydroxyl groups excluding tert-OH is 1. The SMILES string of the molecule is COc1cc(C(=O)C[C@@H]2CCC[C@@]2(O)c2ccc(OC)c(-c3ccc(F)c(Cl)c3)n2)ccc1OCCO. The van der Waals surface area contributed by atoms with E-state index in [4.69, 9.17) is 35.9 Å². The first-order chi connectivity index (χ1) is 17.8. The lowest BCUT2D eigenvalue weighted by Crippen LogP contribution is -2.33. The number of carbonyl (C=O) groups is 1. The summed E-state index contributed by atoms with van der Waals surface area (Å²) in [7, 11) is 2.98. The normalized spacial score (nSPS) is 19.0. The predicted molar refractivity (Wildman–Crippen MR) is 137 cm³/mol. The largest absolute Gasteiger partial charge is 0.494 e. The van der Waals surface area contributed by atoms with Crippen LogP contribution in [0.2, 0.25) is 5.02 Å². The molecule has 1 heterocycles. The van der Waals surface area contributed by atoms with Crippen LogP contribution < -0.4 is 14.2 Å². The third-order valence-corrected chi connectivity index (χ3v) is 7.06. The van der Waals surface area contributed by atoms with Crippen LogP contribution in [0.4, 0.5) is 4.39 Å². The van der Waals surface area contributed by atoms with Crippen LogP contribution in [0.3, 0.4) is 0 Å². The van der Waals surface area contributed by atoms with Gasteiger partial charge in [0.1, 0.15) is 29.5 Å².